The highest BCUT2D eigenvalue weighted by Crippen LogP contribution is 2.14. The lowest BCUT2D eigenvalue weighted by Gasteiger charge is -2.04. The van der Waals surface area contributed by atoms with Crippen LogP contribution < -0.4 is 0 Å². The molecule has 0 radical (unpaired) electrons. The van der Waals surface area contributed by atoms with Gasteiger partial charge in [0.05, 0.1) is 11.1 Å². The van der Waals surface area contributed by atoms with E-state index in [1.54, 1.807) is 0 Å². The predicted octanol–water partition coefficient (Wildman–Crippen LogP) is 1.89. The summed E-state index contributed by atoms with van der Waals surface area (Å²) in [6.45, 7) is 3.73. The standard InChI is InChI=1S/C6H9FN2S/c1-4(2)9-6(7)5(10)3-8-9/h3-4,10H,1-2H3. The van der Waals surface area contributed by atoms with Crippen LogP contribution in [0.5, 0.6) is 0 Å². The fourth-order valence-corrected chi connectivity index (χ4v) is 0.852. The Morgan fingerprint density at radius 3 is 2.50 bits per heavy atom. The van der Waals surface area contributed by atoms with Gasteiger partial charge in [-0.15, -0.1) is 12.6 Å². The van der Waals surface area contributed by atoms with Crippen molar-refractivity contribution in [2.24, 2.45) is 0 Å². The van der Waals surface area contributed by atoms with E-state index in [1.807, 2.05) is 13.8 Å². The first-order chi connectivity index (χ1) is 4.63. The summed E-state index contributed by atoms with van der Waals surface area (Å²) < 4.78 is 14.1. The van der Waals surface area contributed by atoms with Gasteiger partial charge in [-0.3, -0.25) is 0 Å². The molecule has 0 bridgehead atoms. The Morgan fingerprint density at radius 1 is 1.70 bits per heavy atom. The van der Waals surface area contributed by atoms with Crippen molar-refractivity contribution in [3.63, 3.8) is 0 Å². The summed E-state index contributed by atoms with van der Waals surface area (Å²) in [7, 11) is 0. The molecule has 0 N–H and O–H groups in total. The number of aromatic nitrogens is 2. The summed E-state index contributed by atoms with van der Waals surface area (Å²) in [5.74, 6) is -0.363. The van der Waals surface area contributed by atoms with Crippen LogP contribution in [0.2, 0.25) is 0 Å². The van der Waals surface area contributed by atoms with E-state index >= 15 is 0 Å². The number of thiol groups is 1. The van der Waals surface area contributed by atoms with E-state index in [0.717, 1.165) is 0 Å². The van der Waals surface area contributed by atoms with Gasteiger partial charge < -0.3 is 0 Å². The normalized spacial score (nSPS) is 10.9. The Labute approximate surface area is 64.5 Å². The lowest BCUT2D eigenvalue weighted by atomic mass is 10.4. The van der Waals surface area contributed by atoms with Gasteiger partial charge in [0.2, 0.25) is 5.95 Å². The molecule has 0 amide bonds. The smallest absolute Gasteiger partial charge is 0.225 e. The molecular formula is C6H9FN2S. The van der Waals surface area contributed by atoms with Crippen LogP contribution in [0, 0.1) is 5.95 Å². The third-order valence-corrected chi connectivity index (χ3v) is 1.51. The molecule has 2 nitrogen and oxygen atoms in total. The molecule has 0 fully saturated rings. The Kier molecular flexibility index (Phi) is 1.99. The van der Waals surface area contributed by atoms with Crippen LogP contribution in [0.1, 0.15) is 19.9 Å². The quantitative estimate of drug-likeness (QED) is 0.621. The van der Waals surface area contributed by atoms with Crippen molar-refractivity contribution >= 4 is 12.6 Å². The van der Waals surface area contributed by atoms with Crippen LogP contribution in [0.3, 0.4) is 0 Å². The van der Waals surface area contributed by atoms with E-state index in [0.29, 0.717) is 4.90 Å². The highest BCUT2D eigenvalue weighted by molar-refractivity contribution is 7.80. The molecule has 0 aliphatic heterocycles. The van der Waals surface area contributed by atoms with Crippen molar-refractivity contribution in [3.8, 4) is 0 Å². The number of hydrogen-bond donors (Lipinski definition) is 1. The fraction of sp³-hybridized carbons (Fsp3) is 0.500. The average molecular weight is 160 g/mol. The minimum Gasteiger partial charge on any atom is -0.236 e. The van der Waals surface area contributed by atoms with Crippen molar-refractivity contribution in [1.29, 1.82) is 0 Å². The summed E-state index contributed by atoms with van der Waals surface area (Å²) in [4.78, 5) is 0.300. The van der Waals surface area contributed by atoms with Crippen LogP contribution in [0.15, 0.2) is 11.1 Å². The van der Waals surface area contributed by atoms with Gasteiger partial charge in [0.25, 0.3) is 0 Å². The first kappa shape index (κ1) is 7.60. The first-order valence-corrected chi connectivity index (χ1v) is 3.49. The highest BCUT2D eigenvalue weighted by Gasteiger charge is 2.08. The van der Waals surface area contributed by atoms with Crippen molar-refractivity contribution < 1.29 is 4.39 Å². The molecule has 0 aromatic carbocycles. The maximum absolute atomic E-state index is 12.8. The number of hydrogen-bond acceptors (Lipinski definition) is 2. The summed E-state index contributed by atoms with van der Waals surface area (Å²) in [5.41, 5.74) is 0. The molecule has 0 unspecified atom stereocenters. The summed E-state index contributed by atoms with van der Waals surface area (Å²) in [6, 6.07) is 0.0564. The lowest BCUT2D eigenvalue weighted by Crippen LogP contribution is -2.05. The molecule has 4 heteroatoms. The SMILES string of the molecule is CC(C)n1ncc(S)c1F. The van der Waals surface area contributed by atoms with E-state index in [9.17, 15) is 4.39 Å². The van der Waals surface area contributed by atoms with Gasteiger partial charge in [-0.2, -0.15) is 9.49 Å². The molecule has 0 spiro atoms. The highest BCUT2D eigenvalue weighted by atomic mass is 32.1. The molecule has 10 heavy (non-hydrogen) atoms. The lowest BCUT2D eigenvalue weighted by molar-refractivity contribution is 0.407. The van der Waals surface area contributed by atoms with Crippen molar-refractivity contribution in [1.82, 2.24) is 9.78 Å². The monoisotopic (exact) mass is 160 g/mol. The van der Waals surface area contributed by atoms with E-state index in [1.165, 1.54) is 10.9 Å². The van der Waals surface area contributed by atoms with Crippen molar-refractivity contribution in [2.45, 2.75) is 24.8 Å². The fourth-order valence-electron chi connectivity index (χ4n) is 0.698. The zero-order valence-electron chi connectivity index (χ0n) is 5.87. The van der Waals surface area contributed by atoms with Gasteiger partial charge >= 0.3 is 0 Å². The molecule has 0 aliphatic rings. The Hall–Kier alpha value is -0.510. The molecule has 1 aromatic rings. The minimum absolute atomic E-state index is 0.0564. The second kappa shape index (κ2) is 2.62. The predicted molar refractivity (Wildman–Crippen MR) is 39.8 cm³/mol. The first-order valence-electron chi connectivity index (χ1n) is 3.05. The van der Waals surface area contributed by atoms with Crippen LogP contribution in [-0.2, 0) is 0 Å². The van der Waals surface area contributed by atoms with Crippen LogP contribution >= 0.6 is 12.6 Å². The topological polar surface area (TPSA) is 17.8 Å². The maximum atomic E-state index is 12.8. The van der Waals surface area contributed by atoms with Crippen molar-refractivity contribution in [2.75, 3.05) is 0 Å². The molecule has 0 saturated carbocycles. The van der Waals surface area contributed by atoms with Gasteiger partial charge in [0.1, 0.15) is 0 Å². The second-order valence-electron chi connectivity index (χ2n) is 2.36. The van der Waals surface area contributed by atoms with Crippen LogP contribution in [0.25, 0.3) is 0 Å². The van der Waals surface area contributed by atoms with Crippen LogP contribution in [-0.4, -0.2) is 9.78 Å². The zero-order valence-corrected chi connectivity index (χ0v) is 6.77. The Morgan fingerprint density at radius 2 is 2.30 bits per heavy atom. The third-order valence-electron chi connectivity index (χ3n) is 1.21. The molecule has 1 aromatic heterocycles. The maximum Gasteiger partial charge on any atom is 0.225 e. The molecular weight excluding hydrogens is 151 g/mol. The summed E-state index contributed by atoms with van der Waals surface area (Å²) >= 11 is 3.85. The van der Waals surface area contributed by atoms with E-state index in [4.69, 9.17) is 0 Å². The summed E-state index contributed by atoms with van der Waals surface area (Å²) in [5, 5.41) is 3.78. The van der Waals surface area contributed by atoms with Crippen molar-refractivity contribution in [3.05, 3.63) is 12.1 Å². The third kappa shape index (κ3) is 1.16. The van der Waals surface area contributed by atoms with Gasteiger partial charge in [0.15, 0.2) is 0 Å². The minimum atomic E-state index is -0.363. The molecule has 1 rings (SSSR count). The second-order valence-corrected chi connectivity index (χ2v) is 2.84. The zero-order chi connectivity index (χ0) is 7.72. The average Bonchev–Trinajstić information content (AvgIpc) is 2.14. The number of nitrogens with zero attached hydrogens (tertiary/aromatic N) is 2. The number of rotatable bonds is 1. The van der Waals surface area contributed by atoms with Gasteiger partial charge in [-0.1, -0.05) is 0 Å². The van der Waals surface area contributed by atoms with Gasteiger partial charge in [-0.05, 0) is 13.8 Å². The molecule has 1 heterocycles. The van der Waals surface area contributed by atoms with E-state index in [2.05, 4.69) is 17.7 Å². The van der Waals surface area contributed by atoms with Crippen LogP contribution in [0.4, 0.5) is 4.39 Å². The number of halogens is 1. The summed E-state index contributed by atoms with van der Waals surface area (Å²) in [6.07, 6.45) is 1.40. The van der Waals surface area contributed by atoms with E-state index in [-0.39, 0.29) is 12.0 Å². The Bertz CT molecular complexity index is 232. The Balaban J connectivity index is 3.05. The molecule has 0 atom stereocenters. The molecule has 0 aliphatic carbocycles. The van der Waals surface area contributed by atoms with E-state index < -0.39 is 0 Å². The largest absolute Gasteiger partial charge is 0.236 e. The molecule has 0 saturated heterocycles. The van der Waals surface area contributed by atoms with Gasteiger partial charge in [0, 0.05) is 6.04 Å². The molecule has 56 valence electrons. The van der Waals surface area contributed by atoms with Gasteiger partial charge in [-0.25, -0.2) is 4.68 Å².